The van der Waals surface area contributed by atoms with Crippen molar-refractivity contribution in [3.63, 3.8) is 0 Å². The fourth-order valence-corrected chi connectivity index (χ4v) is 2.93. The van der Waals surface area contributed by atoms with Gasteiger partial charge in [-0.25, -0.2) is 4.98 Å². The van der Waals surface area contributed by atoms with Gasteiger partial charge in [0.1, 0.15) is 10.8 Å². The minimum Gasteiger partial charge on any atom is -0.494 e. The third-order valence-electron chi connectivity index (χ3n) is 2.91. The Kier molecular flexibility index (Phi) is 6.36. The first-order chi connectivity index (χ1) is 10.2. The minimum atomic E-state index is -0.0618. The summed E-state index contributed by atoms with van der Waals surface area (Å²) in [4.78, 5) is 4.25. The van der Waals surface area contributed by atoms with Crippen LogP contribution in [-0.4, -0.2) is 17.3 Å². The smallest absolute Gasteiger partial charge is 0.119 e. The van der Waals surface area contributed by atoms with Crippen LogP contribution in [0.15, 0.2) is 47.6 Å². The van der Waals surface area contributed by atoms with E-state index in [1.807, 2.05) is 36.4 Å². The number of hydrogen-bond donors (Lipinski definition) is 1. The van der Waals surface area contributed by atoms with Gasteiger partial charge in [0, 0.05) is 18.0 Å². The summed E-state index contributed by atoms with van der Waals surface area (Å²) in [5.41, 5.74) is 7.29. The molecule has 0 saturated heterocycles. The Balaban J connectivity index is 1.91. The molecule has 0 aliphatic carbocycles. The molecule has 0 aliphatic rings. The van der Waals surface area contributed by atoms with Crippen molar-refractivity contribution in [3.05, 3.63) is 53.2 Å². The molecule has 1 heterocycles. The number of halogens is 1. The number of ether oxygens (including phenoxy) is 1. The largest absolute Gasteiger partial charge is 0.494 e. The summed E-state index contributed by atoms with van der Waals surface area (Å²) in [6, 6.07) is 11.5. The Hall–Kier alpha value is -1.23. The maximum Gasteiger partial charge on any atom is 0.119 e. The second-order valence-electron chi connectivity index (χ2n) is 4.63. The van der Waals surface area contributed by atoms with Crippen LogP contribution in [0, 0.1) is 0 Å². The molecule has 2 aromatic rings. The molecule has 112 valence electrons. The maximum atomic E-state index is 6.21. The molecule has 21 heavy (non-hydrogen) atoms. The van der Waals surface area contributed by atoms with Gasteiger partial charge in [0.25, 0.3) is 0 Å². The van der Waals surface area contributed by atoms with Crippen molar-refractivity contribution >= 4 is 23.4 Å². The van der Waals surface area contributed by atoms with Crippen molar-refractivity contribution < 1.29 is 4.74 Å². The Morgan fingerprint density at radius 1 is 1.29 bits per heavy atom. The number of hydrogen-bond acceptors (Lipinski definition) is 4. The van der Waals surface area contributed by atoms with E-state index in [0.29, 0.717) is 5.02 Å². The van der Waals surface area contributed by atoms with Gasteiger partial charge in [-0.1, -0.05) is 30.7 Å². The lowest BCUT2D eigenvalue weighted by molar-refractivity contribution is 0.317. The van der Waals surface area contributed by atoms with E-state index in [-0.39, 0.29) is 6.04 Å². The molecule has 0 fully saturated rings. The van der Waals surface area contributed by atoms with Gasteiger partial charge in [0.2, 0.25) is 0 Å². The average molecular weight is 323 g/mol. The Labute approximate surface area is 134 Å². The van der Waals surface area contributed by atoms with Gasteiger partial charge in [-0.2, -0.15) is 0 Å². The van der Waals surface area contributed by atoms with Gasteiger partial charge in [0.05, 0.1) is 11.6 Å². The van der Waals surface area contributed by atoms with E-state index in [2.05, 4.69) is 11.9 Å². The normalized spacial score (nSPS) is 12.1. The Morgan fingerprint density at radius 2 is 2.05 bits per heavy atom. The molecule has 0 bridgehead atoms. The lowest BCUT2D eigenvalue weighted by atomic mass is 10.1. The van der Waals surface area contributed by atoms with E-state index >= 15 is 0 Å². The van der Waals surface area contributed by atoms with Gasteiger partial charge in [-0.3, -0.25) is 0 Å². The van der Waals surface area contributed by atoms with E-state index in [0.717, 1.165) is 35.1 Å². The summed E-state index contributed by atoms with van der Waals surface area (Å²) >= 11 is 7.65. The molecular weight excluding hydrogens is 304 g/mol. The van der Waals surface area contributed by atoms with Crippen LogP contribution in [0.4, 0.5) is 0 Å². The van der Waals surface area contributed by atoms with Gasteiger partial charge < -0.3 is 10.5 Å². The second-order valence-corrected chi connectivity index (χ2v) is 6.04. The topological polar surface area (TPSA) is 48.1 Å². The minimum absolute atomic E-state index is 0.0618. The zero-order chi connectivity index (χ0) is 15.1. The number of pyridine rings is 1. The van der Waals surface area contributed by atoms with Crippen molar-refractivity contribution in [3.8, 4) is 5.75 Å². The monoisotopic (exact) mass is 322 g/mol. The van der Waals surface area contributed by atoms with E-state index in [1.165, 1.54) is 0 Å². The molecule has 1 aromatic carbocycles. The highest BCUT2D eigenvalue weighted by atomic mass is 35.5. The molecule has 1 atom stereocenters. The molecule has 0 radical (unpaired) electrons. The highest BCUT2D eigenvalue weighted by molar-refractivity contribution is 7.99. The number of thioether (sulfide) groups is 1. The van der Waals surface area contributed by atoms with Crippen molar-refractivity contribution in [2.75, 3.05) is 12.4 Å². The van der Waals surface area contributed by atoms with Gasteiger partial charge in [0.15, 0.2) is 0 Å². The van der Waals surface area contributed by atoms with Crippen LogP contribution in [0.5, 0.6) is 5.75 Å². The lowest BCUT2D eigenvalue weighted by Crippen LogP contribution is -2.13. The van der Waals surface area contributed by atoms with Crippen LogP contribution in [0.1, 0.15) is 24.9 Å². The third kappa shape index (κ3) is 4.92. The first kappa shape index (κ1) is 16.1. The molecule has 1 unspecified atom stereocenters. The van der Waals surface area contributed by atoms with Gasteiger partial charge in [-0.15, -0.1) is 11.8 Å². The average Bonchev–Trinajstić information content (AvgIpc) is 2.52. The summed E-state index contributed by atoms with van der Waals surface area (Å²) in [7, 11) is 0. The summed E-state index contributed by atoms with van der Waals surface area (Å²) < 4.78 is 5.56. The predicted octanol–water partition coefficient (Wildman–Crippen LogP) is 4.32. The highest BCUT2D eigenvalue weighted by Crippen LogP contribution is 2.27. The summed E-state index contributed by atoms with van der Waals surface area (Å²) in [5.74, 6) is 1.61. The Bertz CT molecular complexity index is 562. The van der Waals surface area contributed by atoms with Crippen LogP contribution in [0.3, 0.4) is 0 Å². The molecule has 5 heteroatoms. The predicted molar refractivity (Wildman–Crippen MR) is 89.1 cm³/mol. The summed E-state index contributed by atoms with van der Waals surface area (Å²) in [5, 5.41) is 1.48. The van der Waals surface area contributed by atoms with Crippen LogP contribution in [0.25, 0.3) is 0 Å². The lowest BCUT2D eigenvalue weighted by Gasteiger charge is -2.13. The first-order valence-electron chi connectivity index (χ1n) is 6.92. The standard InChI is InChI=1S/C16H19ClN2OS/c1-2-10-20-13-7-5-12(6-8-13)15(18)11-21-16-14(17)4-3-9-19-16/h3-9,15H,2,10-11,18H2,1H3. The first-order valence-corrected chi connectivity index (χ1v) is 8.28. The third-order valence-corrected chi connectivity index (χ3v) is 4.45. The number of aromatic nitrogens is 1. The van der Waals surface area contributed by atoms with Crippen molar-refractivity contribution in [1.82, 2.24) is 4.98 Å². The zero-order valence-electron chi connectivity index (χ0n) is 12.0. The molecule has 0 aliphatic heterocycles. The highest BCUT2D eigenvalue weighted by Gasteiger charge is 2.09. The second kappa shape index (κ2) is 8.27. The molecule has 1 aromatic heterocycles. The van der Waals surface area contributed by atoms with E-state index < -0.39 is 0 Å². The van der Waals surface area contributed by atoms with E-state index in [1.54, 1.807) is 18.0 Å². The maximum absolute atomic E-state index is 6.21. The number of benzene rings is 1. The molecule has 2 N–H and O–H groups in total. The zero-order valence-corrected chi connectivity index (χ0v) is 13.5. The number of nitrogens with zero attached hydrogens (tertiary/aromatic N) is 1. The SMILES string of the molecule is CCCOc1ccc(C(N)CSc2ncccc2Cl)cc1. The van der Waals surface area contributed by atoms with Gasteiger partial charge in [-0.05, 0) is 36.2 Å². The molecular formula is C16H19ClN2OS. The van der Waals surface area contributed by atoms with E-state index in [4.69, 9.17) is 22.1 Å². The fraction of sp³-hybridized carbons (Fsp3) is 0.312. The fourth-order valence-electron chi connectivity index (χ4n) is 1.77. The number of rotatable bonds is 7. The van der Waals surface area contributed by atoms with Crippen molar-refractivity contribution in [2.24, 2.45) is 5.73 Å². The van der Waals surface area contributed by atoms with Crippen LogP contribution in [-0.2, 0) is 0 Å². The molecule has 3 nitrogen and oxygen atoms in total. The number of nitrogens with two attached hydrogens (primary N) is 1. The summed E-state index contributed by atoms with van der Waals surface area (Å²) in [6.07, 6.45) is 2.74. The molecule has 0 saturated carbocycles. The van der Waals surface area contributed by atoms with Crippen LogP contribution in [0.2, 0.25) is 5.02 Å². The molecule has 0 spiro atoms. The van der Waals surface area contributed by atoms with Crippen molar-refractivity contribution in [2.45, 2.75) is 24.4 Å². The summed E-state index contributed by atoms with van der Waals surface area (Å²) in [6.45, 7) is 2.82. The quantitative estimate of drug-likeness (QED) is 0.771. The molecule has 0 amide bonds. The van der Waals surface area contributed by atoms with Crippen LogP contribution < -0.4 is 10.5 Å². The Morgan fingerprint density at radius 3 is 2.71 bits per heavy atom. The molecule has 2 rings (SSSR count). The van der Waals surface area contributed by atoms with E-state index in [9.17, 15) is 0 Å². The van der Waals surface area contributed by atoms with Crippen LogP contribution >= 0.6 is 23.4 Å². The van der Waals surface area contributed by atoms with Crippen molar-refractivity contribution in [1.29, 1.82) is 0 Å². The van der Waals surface area contributed by atoms with Gasteiger partial charge >= 0.3 is 0 Å².